The number of carbonyl (C=O) groups excluding carboxylic acids is 1. The Hall–Kier alpha value is -1.41. The van der Waals surface area contributed by atoms with E-state index in [1.54, 1.807) is 0 Å². The molecule has 2 aliphatic rings. The molecule has 4 N–H and O–H groups in total. The van der Waals surface area contributed by atoms with Crippen molar-refractivity contribution in [2.45, 2.75) is 49.3 Å². The average molecular weight is 312 g/mol. The fourth-order valence-electron chi connectivity index (χ4n) is 2.97. The second-order valence-corrected chi connectivity index (χ2v) is 7.49. The topological polar surface area (TPSA) is 118 Å². The second-order valence-electron chi connectivity index (χ2n) is 5.99. The molecule has 0 atom stereocenters. The standard InChI is InChI=1S/C13H20N4O3S/c14-21(19,20)12-10(9-5-6-9)16-17-11(12)13(18)15-7-8-3-1-2-4-8/h8-9H,1-7H2,(H,15,18)(H,16,17)(H2,14,19,20). The highest BCUT2D eigenvalue weighted by Crippen LogP contribution is 2.42. The van der Waals surface area contributed by atoms with Crippen LogP contribution in [0.1, 0.15) is 60.6 Å². The minimum Gasteiger partial charge on any atom is -0.350 e. The molecule has 1 aromatic rings. The van der Waals surface area contributed by atoms with Gasteiger partial charge in [0.25, 0.3) is 5.91 Å². The maximum Gasteiger partial charge on any atom is 0.273 e. The summed E-state index contributed by atoms with van der Waals surface area (Å²) in [6.07, 6.45) is 6.39. The van der Waals surface area contributed by atoms with Gasteiger partial charge in [0.1, 0.15) is 4.90 Å². The Morgan fingerprint density at radius 2 is 1.95 bits per heavy atom. The molecule has 7 nitrogen and oxygen atoms in total. The van der Waals surface area contributed by atoms with Crippen molar-refractivity contribution in [1.29, 1.82) is 0 Å². The molecule has 2 saturated carbocycles. The van der Waals surface area contributed by atoms with Gasteiger partial charge in [-0.15, -0.1) is 0 Å². The molecule has 116 valence electrons. The normalized spacial score (nSPS) is 19.9. The Bertz CT molecular complexity index is 642. The summed E-state index contributed by atoms with van der Waals surface area (Å²) in [5.74, 6) is 0.144. The molecule has 21 heavy (non-hydrogen) atoms. The first-order valence-corrected chi connectivity index (χ1v) is 8.90. The van der Waals surface area contributed by atoms with Crippen LogP contribution < -0.4 is 10.5 Å². The first-order chi connectivity index (χ1) is 9.97. The molecule has 1 heterocycles. The lowest BCUT2D eigenvalue weighted by Crippen LogP contribution is -2.30. The third kappa shape index (κ3) is 3.11. The van der Waals surface area contributed by atoms with Crippen LogP contribution in [0.5, 0.6) is 0 Å². The number of nitrogens with two attached hydrogens (primary N) is 1. The maximum absolute atomic E-state index is 12.2. The van der Waals surface area contributed by atoms with Gasteiger partial charge in [0.05, 0.1) is 5.69 Å². The van der Waals surface area contributed by atoms with Crippen LogP contribution in [0.4, 0.5) is 0 Å². The lowest BCUT2D eigenvalue weighted by atomic mass is 10.1. The first kappa shape index (κ1) is 14.5. The van der Waals surface area contributed by atoms with Crippen molar-refractivity contribution in [2.24, 2.45) is 11.1 Å². The third-order valence-corrected chi connectivity index (χ3v) is 5.24. The zero-order valence-corrected chi connectivity index (χ0v) is 12.6. The second kappa shape index (κ2) is 5.42. The number of rotatable bonds is 5. The van der Waals surface area contributed by atoms with Crippen molar-refractivity contribution in [3.8, 4) is 0 Å². The summed E-state index contributed by atoms with van der Waals surface area (Å²) in [6.45, 7) is 0.564. The average Bonchev–Trinajstić information content (AvgIpc) is 2.96. The first-order valence-electron chi connectivity index (χ1n) is 7.36. The van der Waals surface area contributed by atoms with Gasteiger partial charge in [-0.05, 0) is 31.6 Å². The molecule has 0 saturated heterocycles. The van der Waals surface area contributed by atoms with Gasteiger partial charge < -0.3 is 5.32 Å². The summed E-state index contributed by atoms with van der Waals surface area (Å²) < 4.78 is 23.5. The van der Waals surface area contributed by atoms with Gasteiger partial charge in [0.2, 0.25) is 10.0 Å². The number of nitrogens with one attached hydrogen (secondary N) is 2. The molecule has 0 spiro atoms. The van der Waals surface area contributed by atoms with E-state index < -0.39 is 15.9 Å². The Kier molecular flexibility index (Phi) is 3.75. The van der Waals surface area contributed by atoms with Crippen molar-refractivity contribution in [3.63, 3.8) is 0 Å². The number of aromatic nitrogens is 2. The molecule has 0 aliphatic heterocycles. The number of hydrogen-bond acceptors (Lipinski definition) is 4. The van der Waals surface area contributed by atoms with Crippen LogP contribution in [-0.2, 0) is 10.0 Å². The molecule has 0 radical (unpaired) electrons. The minimum absolute atomic E-state index is 0.0996. The van der Waals surface area contributed by atoms with Crippen molar-refractivity contribution in [2.75, 3.05) is 6.54 Å². The van der Waals surface area contributed by atoms with Crippen molar-refractivity contribution >= 4 is 15.9 Å². The maximum atomic E-state index is 12.2. The van der Waals surface area contributed by atoms with Crippen LogP contribution >= 0.6 is 0 Å². The number of aromatic amines is 1. The zero-order valence-electron chi connectivity index (χ0n) is 11.8. The summed E-state index contributed by atoms with van der Waals surface area (Å²) in [5.41, 5.74) is 0.376. The van der Waals surface area contributed by atoms with Crippen LogP contribution in [0, 0.1) is 5.92 Å². The highest BCUT2D eigenvalue weighted by atomic mass is 32.2. The van der Waals surface area contributed by atoms with E-state index in [1.807, 2.05) is 0 Å². The van der Waals surface area contributed by atoms with Gasteiger partial charge in [-0.1, -0.05) is 12.8 Å². The molecule has 0 bridgehead atoms. The number of hydrogen-bond donors (Lipinski definition) is 3. The largest absolute Gasteiger partial charge is 0.350 e. The van der Waals surface area contributed by atoms with E-state index >= 15 is 0 Å². The SMILES string of the molecule is NS(=O)(=O)c1c(C(=O)NCC2CCCC2)n[nH]c1C1CC1. The van der Waals surface area contributed by atoms with Crippen molar-refractivity contribution < 1.29 is 13.2 Å². The fraction of sp³-hybridized carbons (Fsp3) is 0.692. The highest BCUT2D eigenvalue weighted by molar-refractivity contribution is 7.89. The third-order valence-electron chi connectivity index (χ3n) is 4.26. The Labute approximate surface area is 123 Å². The number of H-pyrrole nitrogens is 1. The van der Waals surface area contributed by atoms with Gasteiger partial charge >= 0.3 is 0 Å². The molecular formula is C13H20N4O3S. The quantitative estimate of drug-likeness (QED) is 0.747. The van der Waals surface area contributed by atoms with Gasteiger partial charge in [0.15, 0.2) is 5.69 Å². The predicted molar refractivity (Wildman–Crippen MR) is 76.2 cm³/mol. The summed E-state index contributed by atoms with van der Waals surface area (Å²) in [5, 5.41) is 14.6. The van der Waals surface area contributed by atoms with Gasteiger partial charge in [-0.25, -0.2) is 13.6 Å². The minimum atomic E-state index is -3.96. The Balaban J connectivity index is 1.79. The van der Waals surface area contributed by atoms with Gasteiger partial charge in [-0.3, -0.25) is 9.89 Å². The lowest BCUT2D eigenvalue weighted by molar-refractivity contribution is 0.0939. The molecule has 1 amide bonds. The van der Waals surface area contributed by atoms with E-state index in [2.05, 4.69) is 15.5 Å². The molecule has 0 unspecified atom stereocenters. The molecule has 1 aromatic heterocycles. The Morgan fingerprint density at radius 3 is 2.52 bits per heavy atom. The van der Waals surface area contributed by atoms with Crippen LogP contribution in [0.25, 0.3) is 0 Å². The predicted octanol–water partition coefficient (Wildman–Crippen LogP) is 0.854. The van der Waals surface area contributed by atoms with E-state index in [4.69, 9.17) is 5.14 Å². The fourth-order valence-corrected chi connectivity index (χ4v) is 3.90. The molecule has 2 aliphatic carbocycles. The van der Waals surface area contributed by atoms with Crippen LogP contribution in [0.3, 0.4) is 0 Å². The number of nitrogens with zero attached hydrogens (tertiary/aromatic N) is 1. The van der Waals surface area contributed by atoms with Crippen molar-refractivity contribution in [1.82, 2.24) is 15.5 Å². The van der Waals surface area contributed by atoms with Crippen LogP contribution in [-0.4, -0.2) is 31.1 Å². The van der Waals surface area contributed by atoms with E-state index in [1.165, 1.54) is 12.8 Å². The lowest BCUT2D eigenvalue weighted by Gasteiger charge is -2.10. The summed E-state index contributed by atoms with van der Waals surface area (Å²) in [6, 6.07) is 0. The molecule has 0 aromatic carbocycles. The summed E-state index contributed by atoms with van der Waals surface area (Å²) in [7, 11) is -3.96. The Morgan fingerprint density at radius 1 is 1.29 bits per heavy atom. The number of carbonyl (C=O) groups is 1. The molecule has 2 fully saturated rings. The molecule has 8 heteroatoms. The summed E-state index contributed by atoms with van der Waals surface area (Å²) >= 11 is 0. The monoisotopic (exact) mass is 312 g/mol. The summed E-state index contributed by atoms with van der Waals surface area (Å²) in [4.78, 5) is 12.1. The molecular weight excluding hydrogens is 292 g/mol. The van der Waals surface area contributed by atoms with E-state index in [9.17, 15) is 13.2 Å². The smallest absolute Gasteiger partial charge is 0.273 e. The van der Waals surface area contributed by atoms with Crippen LogP contribution in [0.2, 0.25) is 0 Å². The van der Waals surface area contributed by atoms with E-state index in [-0.39, 0.29) is 16.5 Å². The zero-order chi connectivity index (χ0) is 15.0. The highest BCUT2D eigenvalue weighted by Gasteiger charge is 2.35. The number of amides is 1. The number of primary sulfonamides is 1. The van der Waals surface area contributed by atoms with Crippen molar-refractivity contribution in [3.05, 3.63) is 11.4 Å². The van der Waals surface area contributed by atoms with Gasteiger partial charge in [-0.2, -0.15) is 5.10 Å². The van der Waals surface area contributed by atoms with E-state index in [0.717, 1.165) is 25.7 Å². The van der Waals surface area contributed by atoms with E-state index in [0.29, 0.717) is 18.2 Å². The number of sulfonamides is 1. The molecule has 3 rings (SSSR count). The van der Waals surface area contributed by atoms with Crippen LogP contribution in [0.15, 0.2) is 4.90 Å². The van der Waals surface area contributed by atoms with Gasteiger partial charge in [0, 0.05) is 12.5 Å².